The highest BCUT2D eigenvalue weighted by Gasteiger charge is 2.32. The summed E-state index contributed by atoms with van der Waals surface area (Å²) in [5, 5.41) is 16.5. The molecule has 1 aromatic rings. The zero-order valence-corrected chi connectivity index (χ0v) is 11.4. The molecule has 0 radical (unpaired) electrons. The summed E-state index contributed by atoms with van der Waals surface area (Å²) in [5.74, 6) is 2.21. The molecule has 1 amide bonds. The quantitative estimate of drug-likeness (QED) is 0.865. The molecule has 2 rings (SSSR count). The smallest absolute Gasteiger partial charge is 0.273 e. The largest absolute Gasteiger partial charge is 0.387 e. The van der Waals surface area contributed by atoms with Crippen LogP contribution in [0.5, 0.6) is 0 Å². The van der Waals surface area contributed by atoms with E-state index in [1.807, 2.05) is 13.8 Å². The fraction of sp³-hybridized carbons (Fsp3) is 0.667. The summed E-state index contributed by atoms with van der Waals surface area (Å²) in [6.45, 7) is 4.21. The molecule has 1 saturated heterocycles. The standard InChI is InChI=1S/C12H18N2O3S/c1-8(2)10-5-9(14-17-10)11(15)13-6-12(16)3-4-18-7-12/h5,8,16H,3-4,6-7H2,1-2H3,(H,13,15). The van der Waals surface area contributed by atoms with Gasteiger partial charge in [-0.2, -0.15) is 11.8 Å². The average Bonchev–Trinajstić information content (AvgIpc) is 2.95. The third-order valence-electron chi connectivity index (χ3n) is 2.99. The average molecular weight is 270 g/mol. The van der Waals surface area contributed by atoms with Gasteiger partial charge in [0.15, 0.2) is 5.69 Å². The monoisotopic (exact) mass is 270 g/mol. The molecule has 0 aromatic carbocycles. The minimum absolute atomic E-state index is 0.203. The Morgan fingerprint density at radius 1 is 1.72 bits per heavy atom. The summed E-state index contributed by atoms with van der Waals surface area (Å²) in [5.41, 5.74) is -0.502. The van der Waals surface area contributed by atoms with Gasteiger partial charge in [0, 0.05) is 24.3 Å². The van der Waals surface area contributed by atoms with Crippen molar-refractivity contribution in [2.24, 2.45) is 0 Å². The van der Waals surface area contributed by atoms with Crippen LogP contribution in [0, 0.1) is 0 Å². The van der Waals surface area contributed by atoms with Crippen molar-refractivity contribution in [1.82, 2.24) is 10.5 Å². The van der Waals surface area contributed by atoms with Gasteiger partial charge >= 0.3 is 0 Å². The highest BCUT2D eigenvalue weighted by molar-refractivity contribution is 7.99. The van der Waals surface area contributed by atoms with E-state index in [9.17, 15) is 9.90 Å². The molecule has 0 bridgehead atoms. The molecule has 0 saturated carbocycles. The van der Waals surface area contributed by atoms with Crippen LogP contribution in [0.25, 0.3) is 0 Å². The van der Waals surface area contributed by atoms with Gasteiger partial charge < -0.3 is 14.9 Å². The lowest BCUT2D eigenvalue weighted by atomic mass is 10.0. The van der Waals surface area contributed by atoms with E-state index in [2.05, 4.69) is 10.5 Å². The normalized spacial score (nSPS) is 23.6. The van der Waals surface area contributed by atoms with Gasteiger partial charge in [-0.1, -0.05) is 19.0 Å². The number of carbonyl (C=O) groups is 1. The molecule has 1 aliphatic heterocycles. The number of aliphatic hydroxyl groups is 1. The Labute approximate surface area is 110 Å². The summed E-state index contributed by atoms with van der Waals surface area (Å²) < 4.78 is 5.07. The molecular formula is C12H18N2O3S. The highest BCUT2D eigenvalue weighted by Crippen LogP contribution is 2.27. The van der Waals surface area contributed by atoms with Gasteiger partial charge in [0.05, 0.1) is 5.60 Å². The Morgan fingerprint density at radius 3 is 3.06 bits per heavy atom. The second kappa shape index (κ2) is 5.32. The molecule has 5 nitrogen and oxygen atoms in total. The topological polar surface area (TPSA) is 75.4 Å². The third kappa shape index (κ3) is 3.05. The van der Waals surface area contributed by atoms with Crippen LogP contribution in [0.3, 0.4) is 0 Å². The van der Waals surface area contributed by atoms with E-state index in [1.54, 1.807) is 17.8 Å². The first-order valence-electron chi connectivity index (χ1n) is 6.05. The zero-order valence-electron chi connectivity index (χ0n) is 10.6. The van der Waals surface area contributed by atoms with Crippen LogP contribution < -0.4 is 5.32 Å². The minimum atomic E-state index is -0.773. The highest BCUT2D eigenvalue weighted by atomic mass is 32.2. The first-order chi connectivity index (χ1) is 8.50. The lowest BCUT2D eigenvalue weighted by Crippen LogP contribution is -2.43. The summed E-state index contributed by atoms with van der Waals surface area (Å²) in [4.78, 5) is 11.8. The predicted octanol–water partition coefficient (Wildman–Crippen LogP) is 1.40. The maximum absolute atomic E-state index is 11.8. The van der Waals surface area contributed by atoms with Crippen molar-refractivity contribution in [3.63, 3.8) is 0 Å². The van der Waals surface area contributed by atoms with Crippen molar-refractivity contribution >= 4 is 17.7 Å². The van der Waals surface area contributed by atoms with Crippen LogP contribution >= 0.6 is 11.8 Å². The SMILES string of the molecule is CC(C)c1cc(C(=O)NCC2(O)CCSC2)no1. The van der Waals surface area contributed by atoms with Gasteiger partial charge in [-0.3, -0.25) is 4.79 Å². The van der Waals surface area contributed by atoms with Crippen molar-refractivity contribution < 1.29 is 14.4 Å². The summed E-state index contributed by atoms with van der Waals surface area (Å²) in [7, 11) is 0. The fourth-order valence-corrected chi connectivity index (χ4v) is 3.03. The van der Waals surface area contributed by atoms with E-state index in [1.165, 1.54) is 0 Å². The number of aromatic nitrogens is 1. The lowest BCUT2D eigenvalue weighted by molar-refractivity contribution is 0.0609. The number of hydrogen-bond donors (Lipinski definition) is 2. The summed E-state index contributed by atoms with van der Waals surface area (Å²) in [6, 6.07) is 1.65. The first-order valence-corrected chi connectivity index (χ1v) is 7.21. The number of nitrogens with one attached hydrogen (secondary N) is 1. The van der Waals surface area contributed by atoms with Gasteiger partial charge in [0.1, 0.15) is 5.76 Å². The maximum Gasteiger partial charge on any atom is 0.273 e. The summed E-state index contributed by atoms with van der Waals surface area (Å²) >= 11 is 1.70. The van der Waals surface area contributed by atoms with Crippen LogP contribution in [-0.4, -0.2) is 39.8 Å². The Kier molecular flexibility index (Phi) is 3.97. The van der Waals surface area contributed by atoms with Crippen molar-refractivity contribution in [3.05, 3.63) is 17.5 Å². The molecule has 0 spiro atoms. The van der Waals surface area contributed by atoms with Crippen LogP contribution in [0.4, 0.5) is 0 Å². The second-order valence-electron chi connectivity index (χ2n) is 4.98. The number of amides is 1. The molecule has 6 heteroatoms. The van der Waals surface area contributed by atoms with Crippen molar-refractivity contribution in [3.8, 4) is 0 Å². The van der Waals surface area contributed by atoms with Gasteiger partial charge in [-0.25, -0.2) is 0 Å². The van der Waals surface area contributed by atoms with Gasteiger partial charge in [0.2, 0.25) is 0 Å². The number of nitrogens with zero attached hydrogens (tertiary/aromatic N) is 1. The number of thioether (sulfide) groups is 1. The van der Waals surface area contributed by atoms with Gasteiger partial charge in [-0.15, -0.1) is 0 Å². The number of rotatable bonds is 4. The molecular weight excluding hydrogens is 252 g/mol. The van der Waals surface area contributed by atoms with Crippen LogP contribution in [0.15, 0.2) is 10.6 Å². The Hall–Kier alpha value is -1.01. The molecule has 1 unspecified atom stereocenters. The Bertz CT molecular complexity index is 425. The van der Waals surface area contributed by atoms with Crippen LogP contribution in [0.2, 0.25) is 0 Å². The van der Waals surface area contributed by atoms with Crippen molar-refractivity contribution in [2.45, 2.75) is 31.8 Å². The van der Waals surface area contributed by atoms with E-state index in [4.69, 9.17) is 4.52 Å². The molecule has 2 N–H and O–H groups in total. The molecule has 2 heterocycles. The molecule has 100 valence electrons. The first kappa shape index (κ1) is 13.4. The molecule has 18 heavy (non-hydrogen) atoms. The van der Waals surface area contributed by atoms with E-state index in [0.717, 1.165) is 5.75 Å². The van der Waals surface area contributed by atoms with Crippen LogP contribution in [-0.2, 0) is 0 Å². The third-order valence-corrected chi connectivity index (χ3v) is 4.22. The Balaban J connectivity index is 1.91. The fourth-order valence-electron chi connectivity index (χ4n) is 1.74. The van der Waals surface area contributed by atoms with Crippen LogP contribution in [0.1, 0.15) is 42.4 Å². The molecule has 1 aromatic heterocycles. The number of carbonyl (C=O) groups excluding carboxylic acids is 1. The zero-order chi connectivity index (χ0) is 13.2. The van der Waals surface area contributed by atoms with E-state index < -0.39 is 5.60 Å². The molecule has 1 aliphatic rings. The predicted molar refractivity (Wildman–Crippen MR) is 69.8 cm³/mol. The lowest BCUT2D eigenvalue weighted by Gasteiger charge is -2.20. The van der Waals surface area contributed by atoms with Gasteiger partial charge in [-0.05, 0) is 12.2 Å². The molecule has 0 aliphatic carbocycles. The van der Waals surface area contributed by atoms with E-state index >= 15 is 0 Å². The van der Waals surface area contributed by atoms with Crippen molar-refractivity contribution in [2.75, 3.05) is 18.1 Å². The van der Waals surface area contributed by atoms with Crippen molar-refractivity contribution in [1.29, 1.82) is 0 Å². The van der Waals surface area contributed by atoms with E-state index in [-0.39, 0.29) is 24.1 Å². The second-order valence-corrected chi connectivity index (χ2v) is 6.08. The summed E-state index contributed by atoms with van der Waals surface area (Å²) in [6.07, 6.45) is 0.716. The number of hydrogen-bond acceptors (Lipinski definition) is 5. The Morgan fingerprint density at radius 2 is 2.50 bits per heavy atom. The van der Waals surface area contributed by atoms with E-state index in [0.29, 0.717) is 17.9 Å². The minimum Gasteiger partial charge on any atom is -0.387 e. The maximum atomic E-state index is 11.8. The molecule has 1 atom stereocenters. The molecule has 1 fully saturated rings. The van der Waals surface area contributed by atoms with Gasteiger partial charge in [0.25, 0.3) is 5.91 Å².